The zero-order valence-corrected chi connectivity index (χ0v) is 12.5. The van der Waals surface area contributed by atoms with Crippen molar-refractivity contribution in [1.82, 2.24) is 4.31 Å². The number of sulfonamides is 1. The molecule has 0 aliphatic rings. The normalized spacial score (nSPS) is 13.8. The molecule has 0 saturated heterocycles. The average molecular weight is 313 g/mol. The molecule has 0 N–H and O–H groups in total. The van der Waals surface area contributed by atoms with Crippen LogP contribution in [0.3, 0.4) is 0 Å². The van der Waals surface area contributed by atoms with Gasteiger partial charge in [-0.25, -0.2) is 8.42 Å². The topological polar surface area (TPSA) is 80.5 Å². The van der Waals surface area contributed by atoms with Gasteiger partial charge in [-0.05, 0) is 13.3 Å². The van der Waals surface area contributed by atoms with Gasteiger partial charge in [0.05, 0.1) is 4.92 Å². The van der Waals surface area contributed by atoms with Gasteiger partial charge >= 0.3 is 0 Å². The van der Waals surface area contributed by atoms with Crippen molar-refractivity contribution in [3.63, 3.8) is 0 Å². The van der Waals surface area contributed by atoms with E-state index in [1.807, 2.05) is 6.92 Å². The molecule has 9 heteroatoms. The van der Waals surface area contributed by atoms with Gasteiger partial charge in [0.1, 0.15) is 4.21 Å². The van der Waals surface area contributed by atoms with Gasteiger partial charge in [-0.3, -0.25) is 10.1 Å². The molecular weight excluding hydrogens is 300 g/mol. The molecule has 0 radical (unpaired) electrons. The van der Waals surface area contributed by atoms with Crippen molar-refractivity contribution in [3.05, 3.63) is 20.5 Å². The minimum atomic E-state index is -3.72. The Hall–Kier alpha value is -0.700. The van der Waals surface area contributed by atoms with Gasteiger partial charge in [0.2, 0.25) is 0 Å². The Bertz CT molecular complexity index is 555. The van der Waals surface area contributed by atoms with Crippen molar-refractivity contribution in [3.8, 4) is 0 Å². The SMILES string of the molecule is CCC(C)N(C)S(=O)(=O)c1cc([N+](=O)[O-])c(Cl)s1. The van der Waals surface area contributed by atoms with Crippen molar-refractivity contribution in [2.45, 2.75) is 30.5 Å². The fraction of sp³-hybridized carbons (Fsp3) is 0.556. The van der Waals surface area contributed by atoms with E-state index >= 15 is 0 Å². The highest BCUT2D eigenvalue weighted by molar-refractivity contribution is 7.91. The molecule has 102 valence electrons. The second-order valence-electron chi connectivity index (χ2n) is 3.76. The van der Waals surface area contributed by atoms with Gasteiger partial charge in [-0.1, -0.05) is 18.5 Å². The molecule has 1 rings (SSSR count). The zero-order valence-electron chi connectivity index (χ0n) is 10.1. The highest BCUT2D eigenvalue weighted by Crippen LogP contribution is 2.37. The molecule has 0 aromatic carbocycles. The van der Waals surface area contributed by atoms with Crippen molar-refractivity contribution in [2.24, 2.45) is 0 Å². The van der Waals surface area contributed by atoms with Crippen LogP contribution in [0.1, 0.15) is 20.3 Å². The molecule has 0 aliphatic heterocycles. The Morgan fingerprint density at radius 3 is 2.56 bits per heavy atom. The molecule has 0 fully saturated rings. The second kappa shape index (κ2) is 5.52. The monoisotopic (exact) mass is 312 g/mol. The molecule has 0 bridgehead atoms. The number of hydrogen-bond acceptors (Lipinski definition) is 5. The van der Waals surface area contributed by atoms with E-state index in [0.29, 0.717) is 17.8 Å². The summed E-state index contributed by atoms with van der Waals surface area (Å²) < 4.78 is 25.3. The lowest BCUT2D eigenvalue weighted by Crippen LogP contribution is -2.34. The van der Waals surface area contributed by atoms with E-state index in [0.717, 1.165) is 6.07 Å². The lowest BCUT2D eigenvalue weighted by molar-refractivity contribution is -0.384. The third-order valence-electron chi connectivity index (χ3n) is 2.69. The first-order chi connectivity index (χ1) is 8.21. The summed E-state index contributed by atoms with van der Waals surface area (Å²) >= 11 is 6.36. The Balaban J connectivity index is 3.21. The van der Waals surface area contributed by atoms with Crippen LogP contribution in [0.25, 0.3) is 0 Å². The minimum Gasteiger partial charge on any atom is -0.258 e. The largest absolute Gasteiger partial charge is 0.300 e. The number of nitrogens with zero attached hydrogens (tertiary/aromatic N) is 2. The molecule has 1 aromatic rings. The van der Waals surface area contributed by atoms with E-state index in [9.17, 15) is 18.5 Å². The third-order valence-corrected chi connectivity index (χ3v) is 6.45. The zero-order chi connectivity index (χ0) is 14.1. The second-order valence-corrected chi connectivity index (χ2v) is 7.64. The fourth-order valence-electron chi connectivity index (χ4n) is 1.23. The van der Waals surface area contributed by atoms with Crippen LogP contribution in [0.2, 0.25) is 4.34 Å². The number of hydrogen-bond donors (Lipinski definition) is 0. The molecular formula is C9H13ClN2O4S2. The summed E-state index contributed by atoms with van der Waals surface area (Å²) in [4.78, 5) is 9.95. The van der Waals surface area contributed by atoms with Crippen molar-refractivity contribution in [1.29, 1.82) is 0 Å². The molecule has 0 spiro atoms. The molecule has 0 aliphatic carbocycles. The molecule has 1 aromatic heterocycles. The molecule has 18 heavy (non-hydrogen) atoms. The highest BCUT2D eigenvalue weighted by Gasteiger charge is 2.30. The van der Waals surface area contributed by atoms with E-state index in [1.54, 1.807) is 6.92 Å². The quantitative estimate of drug-likeness (QED) is 0.618. The predicted octanol–water partition coefficient (Wildman–Crippen LogP) is 2.73. The fourth-order valence-corrected chi connectivity index (χ4v) is 4.51. The lowest BCUT2D eigenvalue weighted by atomic mass is 10.3. The molecule has 1 atom stereocenters. The Morgan fingerprint density at radius 1 is 1.61 bits per heavy atom. The van der Waals surface area contributed by atoms with Crippen LogP contribution in [0, 0.1) is 10.1 Å². The Labute approximate surface area is 114 Å². The summed E-state index contributed by atoms with van der Waals surface area (Å²) in [5.41, 5.74) is -0.377. The summed E-state index contributed by atoms with van der Waals surface area (Å²) in [5.74, 6) is 0. The summed E-state index contributed by atoms with van der Waals surface area (Å²) in [6, 6.07) is 0.816. The maximum atomic E-state index is 12.2. The van der Waals surface area contributed by atoms with Crippen molar-refractivity contribution in [2.75, 3.05) is 7.05 Å². The summed E-state index contributed by atoms with van der Waals surface area (Å²) in [6.07, 6.45) is 0.650. The summed E-state index contributed by atoms with van der Waals surface area (Å²) in [5, 5.41) is 10.6. The van der Waals surface area contributed by atoms with Gasteiger partial charge < -0.3 is 0 Å². The van der Waals surface area contributed by atoms with Gasteiger partial charge in [0, 0.05) is 19.2 Å². The molecule has 1 unspecified atom stereocenters. The number of rotatable bonds is 5. The third kappa shape index (κ3) is 2.82. The van der Waals surface area contributed by atoms with Crippen LogP contribution in [-0.2, 0) is 10.0 Å². The maximum absolute atomic E-state index is 12.2. The number of halogens is 1. The average Bonchev–Trinajstić information content (AvgIpc) is 2.70. The standard InChI is InChI=1S/C9H13ClN2O4S2/c1-4-6(2)11(3)18(15,16)8-5-7(12(13)14)9(10)17-8/h5-6H,4H2,1-3H3. The summed E-state index contributed by atoms with van der Waals surface area (Å²) in [6.45, 7) is 3.63. The van der Waals surface area contributed by atoms with E-state index < -0.39 is 14.9 Å². The van der Waals surface area contributed by atoms with Crippen LogP contribution in [-0.4, -0.2) is 30.7 Å². The Kier molecular flexibility index (Phi) is 4.71. The van der Waals surface area contributed by atoms with E-state index in [-0.39, 0.29) is 20.3 Å². The molecule has 6 nitrogen and oxygen atoms in total. The van der Waals surface area contributed by atoms with Crippen LogP contribution in [0.4, 0.5) is 5.69 Å². The number of nitro groups is 1. The van der Waals surface area contributed by atoms with Gasteiger partial charge in [0.25, 0.3) is 15.7 Å². The van der Waals surface area contributed by atoms with Crippen molar-refractivity contribution >= 4 is 38.6 Å². The van der Waals surface area contributed by atoms with Crippen molar-refractivity contribution < 1.29 is 13.3 Å². The molecule has 0 amide bonds. The van der Waals surface area contributed by atoms with Gasteiger partial charge in [-0.2, -0.15) is 4.31 Å². The molecule has 0 saturated carbocycles. The van der Waals surface area contributed by atoms with Crippen LogP contribution in [0.15, 0.2) is 10.3 Å². The highest BCUT2D eigenvalue weighted by atomic mass is 35.5. The lowest BCUT2D eigenvalue weighted by Gasteiger charge is -2.21. The smallest absolute Gasteiger partial charge is 0.258 e. The number of thiophene rings is 1. The van der Waals surface area contributed by atoms with Gasteiger partial charge in [-0.15, -0.1) is 11.3 Å². The van der Waals surface area contributed by atoms with Crippen LogP contribution < -0.4 is 0 Å². The van der Waals surface area contributed by atoms with Gasteiger partial charge in [0.15, 0.2) is 4.34 Å². The first-order valence-corrected chi connectivity index (χ1v) is 7.77. The first kappa shape index (κ1) is 15.4. The first-order valence-electron chi connectivity index (χ1n) is 5.13. The van der Waals surface area contributed by atoms with E-state index in [4.69, 9.17) is 11.6 Å². The minimum absolute atomic E-state index is 0.109. The predicted molar refractivity (Wildman–Crippen MR) is 70.7 cm³/mol. The van der Waals surface area contributed by atoms with E-state index in [2.05, 4.69) is 0 Å². The van der Waals surface area contributed by atoms with Crippen LogP contribution in [0.5, 0.6) is 0 Å². The maximum Gasteiger partial charge on any atom is 0.300 e. The molecule has 1 heterocycles. The Morgan fingerprint density at radius 2 is 2.17 bits per heavy atom. The summed E-state index contributed by atoms with van der Waals surface area (Å²) in [7, 11) is -2.28. The van der Waals surface area contributed by atoms with E-state index in [1.165, 1.54) is 11.4 Å². The van der Waals surface area contributed by atoms with Crippen LogP contribution >= 0.6 is 22.9 Å².